The second kappa shape index (κ2) is 3.88. The lowest BCUT2D eigenvalue weighted by Crippen LogP contribution is -1.96. The Morgan fingerprint density at radius 1 is 1.46 bits per heavy atom. The molecule has 0 unspecified atom stereocenters. The first-order chi connectivity index (χ1) is 6.06. The highest BCUT2D eigenvalue weighted by Gasteiger charge is 2.11. The van der Waals surface area contributed by atoms with Gasteiger partial charge < -0.3 is 0 Å². The SMILES string of the molecule is CC=C(C)C(=O)c1cc(C)c(C)s1. The number of aryl methyl sites for hydroxylation is 2. The van der Waals surface area contributed by atoms with E-state index < -0.39 is 0 Å². The minimum atomic E-state index is 0.156. The third kappa shape index (κ3) is 2.07. The molecule has 1 rings (SSSR count). The van der Waals surface area contributed by atoms with Crippen molar-refractivity contribution in [2.75, 3.05) is 0 Å². The van der Waals surface area contributed by atoms with E-state index >= 15 is 0 Å². The van der Waals surface area contributed by atoms with Crippen molar-refractivity contribution in [2.45, 2.75) is 27.7 Å². The monoisotopic (exact) mass is 194 g/mol. The summed E-state index contributed by atoms with van der Waals surface area (Å²) in [5.74, 6) is 0.156. The molecule has 0 aliphatic rings. The molecule has 0 atom stereocenters. The highest BCUT2D eigenvalue weighted by molar-refractivity contribution is 7.14. The van der Waals surface area contributed by atoms with E-state index in [1.165, 1.54) is 10.4 Å². The van der Waals surface area contributed by atoms with E-state index in [9.17, 15) is 4.79 Å². The molecule has 2 heteroatoms. The molecule has 0 N–H and O–H groups in total. The zero-order chi connectivity index (χ0) is 10.0. The minimum Gasteiger partial charge on any atom is -0.288 e. The molecule has 1 heterocycles. The average Bonchev–Trinajstić information content (AvgIpc) is 2.44. The Balaban J connectivity index is 3.03. The van der Waals surface area contributed by atoms with Crippen molar-refractivity contribution in [3.63, 3.8) is 0 Å². The van der Waals surface area contributed by atoms with Gasteiger partial charge in [0.05, 0.1) is 4.88 Å². The van der Waals surface area contributed by atoms with E-state index in [-0.39, 0.29) is 5.78 Å². The van der Waals surface area contributed by atoms with E-state index in [0.29, 0.717) is 0 Å². The van der Waals surface area contributed by atoms with E-state index in [2.05, 4.69) is 0 Å². The topological polar surface area (TPSA) is 17.1 Å². The third-order valence-electron chi connectivity index (χ3n) is 2.18. The molecular weight excluding hydrogens is 180 g/mol. The molecule has 0 bridgehead atoms. The molecule has 0 aromatic carbocycles. The predicted octanol–water partition coefficient (Wildman–Crippen LogP) is 3.51. The molecular formula is C11H14OS. The molecule has 0 spiro atoms. The van der Waals surface area contributed by atoms with Gasteiger partial charge in [0.25, 0.3) is 0 Å². The highest BCUT2D eigenvalue weighted by Crippen LogP contribution is 2.22. The molecule has 0 aliphatic carbocycles. The number of hydrogen-bond acceptors (Lipinski definition) is 2. The summed E-state index contributed by atoms with van der Waals surface area (Å²) in [6, 6.07) is 1.97. The zero-order valence-corrected chi connectivity index (χ0v) is 9.29. The van der Waals surface area contributed by atoms with E-state index in [0.717, 1.165) is 10.5 Å². The second-order valence-corrected chi connectivity index (χ2v) is 4.41. The smallest absolute Gasteiger partial charge is 0.198 e. The van der Waals surface area contributed by atoms with Crippen LogP contribution >= 0.6 is 11.3 Å². The average molecular weight is 194 g/mol. The van der Waals surface area contributed by atoms with Gasteiger partial charge in [-0.25, -0.2) is 0 Å². The summed E-state index contributed by atoms with van der Waals surface area (Å²) in [7, 11) is 0. The molecule has 70 valence electrons. The second-order valence-electron chi connectivity index (χ2n) is 3.15. The van der Waals surface area contributed by atoms with Crippen LogP contribution in [0.5, 0.6) is 0 Å². The lowest BCUT2D eigenvalue weighted by atomic mass is 10.1. The molecule has 0 saturated carbocycles. The summed E-state index contributed by atoms with van der Waals surface area (Å²) >= 11 is 1.58. The van der Waals surface area contributed by atoms with Crippen molar-refractivity contribution in [2.24, 2.45) is 0 Å². The first-order valence-electron chi connectivity index (χ1n) is 4.31. The van der Waals surface area contributed by atoms with Crippen LogP contribution in [0.2, 0.25) is 0 Å². The van der Waals surface area contributed by atoms with Crippen LogP contribution in [0.3, 0.4) is 0 Å². The van der Waals surface area contributed by atoms with Crippen LogP contribution in [0.4, 0.5) is 0 Å². The summed E-state index contributed by atoms with van der Waals surface area (Å²) in [5.41, 5.74) is 2.03. The van der Waals surface area contributed by atoms with E-state index in [4.69, 9.17) is 0 Å². The summed E-state index contributed by atoms with van der Waals surface area (Å²) < 4.78 is 0. The molecule has 1 nitrogen and oxygen atoms in total. The molecule has 1 aromatic rings. The van der Waals surface area contributed by atoms with Crippen LogP contribution in [0, 0.1) is 13.8 Å². The quantitative estimate of drug-likeness (QED) is 0.520. The maximum Gasteiger partial charge on any atom is 0.198 e. The van der Waals surface area contributed by atoms with Crippen LogP contribution in [0.1, 0.15) is 34.0 Å². The number of carbonyl (C=O) groups is 1. The van der Waals surface area contributed by atoms with E-state index in [1.807, 2.05) is 39.8 Å². The number of rotatable bonds is 2. The first kappa shape index (κ1) is 10.2. The Morgan fingerprint density at radius 3 is 2.46 bits per heavy atom. The van der Waals surface area contributed by atoms with Crippen molar-refractivity contribution in [1.29, 1.82) is 0 Å². The molecule has 0 aliphatic heterocycles. The van der Waals surface area contributed by atoms with Crippen LogP contribution in [-0.4, -0.2) is 5.78 Å². The summed E-state index contributed by atoms with van der Waals surface area (Å²) in [5, 5.41) is 0. The van der Waals surface area contributed by atoms with Gasteiger partial charge in [-0.1, -0.05) is 6.08 Å². The summed E-state index contributed by atoms with van der Waals surface area (Å²) in [6.45, 7) is 7.82. The Morgan fingerprint density at radius 2 is 2.08 bits per heavy atom. The lowest BCUT2D eigenvalue weighted by molar-refractivity contribution is 0.103. The lowest BCUT2D eigenvalue weighted by Gasteiger charge is -1.94. The number of Topliss-reactive ketones (excluding diaryl/α,β-unsaturated/α-hetero) is 1. The first-order valence-corrected chi connectivity index (χ1v) is 5.12. The van der Waals surface area contributed by atoms with Gasteiger partial charge in [0.15, 0.2) is 5.78 Å². The number of carbonyl (C=O) groups excluding carboxylic acids is 1. The Hall–Kier alpha value is -0.890. The number of hydrogen-bond donors (Lipinski definition) is 0. The highest BCUT2D eigenvalue weighted by atomic mass is 32.1. The standard InChI is InChI=1S/C11H14OS/c1-5-7(2)11(12)10-6-8(3)9(4)13-10/h5-6H,1-4H3. The molecule has 0 amide bonds. The minimum absolute atomic E-state index is 0.156. The van der Waals surface area contributed by atoms with Crippen molar-refractivity contribution < 1.29 is 4.79 Å². The molecule has 1 aromatic heterocycles. The van der Waals surface area contributed by atoms with Gasteiger partial charge >= 0.3 is 0 Å². The Bertz CT molecular complexity index is 339. The normalized spacial score (nSPS) is 11.8. The van der Waals surface area contributed by atoms with Crippen molar-refractivity contribution in [3.8, 4) is 0 Å². The van der Waals surface area contributed by atoms with Gasteiger partial charge in [-0.3, -0.25) is 4.79 Å². The van der Waals surface area contributed by atoms with Crippen molar-refractivity contribution >= 4 is 17.1 Å². The maximum absolute atomic E-state index is 11.7. The molecule has 0 saturated heterocycles. The van der Waals surface area contributed by atoms with Gasteiger partial charge in [0.2, 0.25) is 0 Å². The summed E-state index contributed by atoms with van der Waals surface area (Å²) in [4.78, 5) is 13.8. The number of thiophene rings is 1. The van der Waals surface area contributed by atoms with Crippen LogP contribution < -0.4 is 0 Å². The van der Waals surface area contributed by atoms with Crippen LogP contribution in [0.25, 0.3) is 0 Å². The van der Waals surface area contributed by atoms with Crippen LogP contribution in [0.15, 0.2) is 17.7 Å². The van der Waals surface area contributed by atoms with E-state index in [1.54, 1.807) is 11.3 Å². The van der Waals surface area contributed by atoms with Gasteiger partial charge in [-0.2, -0.15) is 0 Å². The fourth-order valence-electron chi connectivity index (χ4n) is 1.01. The van der Waals surface area contributed by atoms with Crippen molar-refractivity contribution in [3.05, 3.63) is 33.0 Å². The predicted molar refractivity (Wildman–Crippen MR) is 57.6 cm³/mol. The fourth-order valence-corrected chi connectivity index (χ4v) is 2.05. The zero-order valence-electron chi connectivity index (χ0n) is 8.47. The van der Waals surface area contributed by atoms with Crippen LogP contribution in [-0.2, 0) is 0 Å². The molecule has 0 radical (unpaired) electrons. The Kier molecular flexibility index (Phi) is 3.04. The number of ketones is 1. The fraction of sp³-hybridized carbons (Fsp3) is 0.364. The Labute approximate surface area is 83.1 Å². The van der Waals surface area contributed by atoms with Gasteiger partial charge in [0.1, 0.15) is 0 Å². The van der Waals surface area contributed by atoms with Gasteiger partial charge in [-0.15, -0.1) is 11.3 Å². The number of allylic oxidation sites excluding steroid dienone is 2. The van der Waals surface area contributed by atoms with Crippen molar-refractivity contribution in [1.82, 2.24) is 0 Å². The molecule has 13 heavy (non-hydrogen) atoms. The van der Waals surface area contributed by atoms with Gasteiger partial charge in [0, 0.05) is 4.88 Å². The summed E-state index contributed by atoms with van der Waals surface area (Å²) in [6.07, 6.45) is 1.85. The molecule has 0 fully saturated rings. The largest absolute Gasteiger partial charge is 0.288 e. The van der Waals surface area contributed by atoms with Gasteiger partial charge in [-0.05, 0) is 44.9 Å². The third-order valence-corrected chi connectivity index (χ3v) is 3.33. The maximum atomic E-state index is 11.7.